The molecule has 0 fully saturated rings. The number of nitrogens with one attached hydrogen (secondary N) is 1. The molecule has 0 amide bonds. The van der Waals surface area contributed by atoms with Crippen LogP contribution >= 0.6 is 0 Å². The van der Waals surface area contributed by atoms with Crippen LogP contribution in [-0.2, 0) is 4.79 Å². The highest BCUT2D eigenvalue weighted by atomic mass is 16.4. The molecule has 3 nitrogen and oxygen atoms in total. The topological polar surface area (TPSA) is 49.3 Å². The van der Waals surface area contributed by atoms with Crippen molar-refractivity contribution >= 4 is 5.97 Å². The molecule has 0 saturated carbocycles. The normalized spacial score (nSPS) is 11.6. The lowest BCUT2D eigenvalue weighted by Crippen LogP contribution is -2.31. The summed E-state index contributed by atoms with van der Waals surface area (Å²) >= 11 is 0. The van der Waals surface area contributed by atoms with Crippen molar-refractivity contribution in [2.24, 2.45) is 5.41 Å². The van der Waals surface area contributed by atoms with Crippen LogP contribution in [0.3, 0.4) is 0 Å². The van der Waals surface area contributed by atoms with Gasteiger partial charge in [0.15, 0.2) is 0 Å². The monoisotopic (exact) mass is 173 g/mol. The standard InChI is InChI=1S/C9H19NO2/c1-4-5-10-7-9(2,3)6-8(11)12/h10H,4-7H2,1-3H3,(H,11,12). The fourth-order valence-electron chi connectivity index (χ4n) is 1.08. The zero-order valence-electron chi connectivity index (χ0n) is 8.18. The molecule has 0 aromatic carbocycles. The van der Waals surface area contributed by atoms with Crippen molar-refractivity contribution in [2.45, 2.75) is 33.6 Å². The molecule has 0 aliphatic carbocycles. The molecule has 0 unspecified atom stereocenters. The third-order valence-electron chi connectivity index (χ3n) is 1.66. The van der Waals surface area contributed by atoms with Crippen molar-refractivity contribution in [3.8, 4) is 0 Å². The van der Waals surface area contributed by atoms with E-state index in [1.807, 2.05) is 13.8 Å². The maximum atomic E-state index is 10.4. The molecule has 0 aromatic heterocycles. The Hall–Kier alpha value is -0.570. The third kappa shape index (κ3) is 6.16. The second-order valence-corrected chi connectivity index (χ2v) is 3.91. The van der Waals surface area contributed by atoms with Gasteiger partial charge in [0, 0.05) is 6.54 Å². The Morgan fingerprint density at radius 1 is 1.50 bits per heavy atom. The quantitative estimate of drug-likeness (QED) is 0.598. The highest BCUT2D eigenvalue weighted by Crippen LogP contribution is 2.18. The van der Waals surface area contributed by atoms with E-state index in [0.717, 1.165) is 19.5 Å². The average Bonchev–Trinajstić information content (AvgIpc) is 1.84. The predicted molar refractivity (Wildman–Crippen MR) is 49.2 cm³/mol. The van der Waals surface area contributed by atoms with Gasteiger partial charge in [-0.15, -0.1) is 0 Å². The molecule has 0 saturated heterocycles. The van der Waals surface area contributed by atoms with Gasteiger partial charge in [0.1, 0.15) is 0 Å². The summed E-state index contributed by atoms with van der Waals surface area (Å²) in [6.45, 7) is 7.75. The van der Waals surface area contributed by atoms with E-state index in [9.17, 15) is 4.79 Å². The molecule has 0 aliphatic rings. The number of hydrogen-bond acceptors (Lipinski definition) is 2. The van der Waals surface area contributed by atoms with E-state index in [2.05, 4.69) is 12.2 Å². The molecule has 3 heteroatoms. The molecule has 2 N–H and O–H groups in total. The third-order valence-corrected chi connectivity index (χ3v) is 1.66. The molecule has 0 heterocycles. The molecule has 0 aromatic rings. The Morgan fingerprint density at radius 3 is 2.50 bits per heavy atom. The summed E-state index contributed by atoms with van der Waals surface area (Å²) < 4.78 is 0. The van der Waals surface area contributed by atoms with Crippen molar-refractivity contribution in [3.63, 3.8) is 0 Å². The van der Waals surface area contributed by atoms with Crippen LogP contribution in [0.1, 0.15) is 33.6 Å². The zero-order valence-corrected chi connectivity index (χ0v) is 8.18. The lowest BCUT2D eigenvalue weighted by Gasteiger charge is -2.22. The minimum Gasteiger partial charge on any atom is -0.481 e. The molecule has 0 rings (SSSR count). The lowest BCUT2D eigenvalue weighted by atomic mass is 9.89. The number of hydrogen-bond donors (Lipinski definition) is 2. The average molecular weight is 173 g/mol. The molecule has 0 bridgehead atoms. The summed E-state index contributed by atoms with van der Waals surface area (Å²) in [6, 6.07) is 0. The van der Waals surface area contributed by atoms with E-state index in [1.165, 1.54) is 0 Å². The Kier molecular flexibility index (Phi) is 4.90. The van der Waals surface area contributed by atoms with Crippen LogP contribution in [0, 0.1) is 5.41 Å². The smallest absolute Gasteiger partial charge is 0.303 e. The molecule has 0 aliphatic heterocycles. The summed E-state index contributed by atoms with van der Waals surface area (Å²) in [5.74, 6) is -0.724. The SMILES string of the molecule is CCCNCC(C)(C)CC(=O)O. The van der Waals surface area contributed by atoms with Crippen LogP contribution in [0.5, 0.6) is 0 Å². The molecular weight excluding hydrogens is 154 g/mol. The largest absolute Gasteiger partial charge is 0.481 e. The summed E-state index contributed by atoms with van der Waals surface area (Å²) in [6.07, 6.45) is 1.31. The number of carbonyl (C=O) groups is 1. The fourth-order valence-corrected chi connectivity index (χ4v) is 1.08. The summed E-state index contributed by atoms with van der Waals surface area (Å²) in [5, 5.41) is 11.8. The predicted octanol–water partition coefficient (Wildman–Crippen LogP) is 1.49. The van der Waals surface area contributed by atoms with Gasteiger partial charge in [0.2, 0.25) is 0 Å². The summed E-state index contributed by atoms with van der Waals surface area (Å²) in [4.78, 5) is 10.4. The van der Waals surface area contributed by atoms with E-state index < -0.39 is 5.97 Å². The van der Waals surface area contributed by atoms with Gasteiger partial charge in [-0.3, -0.25) is 4.79 Å². The van der Waals surface area contributed by atoms with Gasteiger partial charge in [-0.2, -0.15) is 0 Å². The second-order valence-electron chi connectivity index (χ2n) is 3.91. The number of carboxylic acids is 1. The van der Waals surface area contributed by atoms with Crippen molar-refractivity contribution in [1.82, 2.24) is 5.32 Å². The first-order chi connectivity index (χ1) is 5.48. The number of carboxylic acid groups (broad SMARTS) is 1. The van der Waals surface area contributed by atoms with Gasteiger partial charge in [-0.05, 0) is 18.4 Å². The minimum atomic E-state index is -0.724. The Morgan fingerprint density at radius 2 is 2.08 bits per heavy atom. The maximum absolute atomic E-state index is 10.4. The van der Waals surface area contributed by atoms with Crippen LogP contribution < -0.4 is 5.32 Å². The minimum absolute atomic E-state index is 0.138. The molecule has 0 atom stereocenters. The van der Waals surface area contributed by atoms with E-state index in [0.29, 0.717) is 0 Å². The first-order valence-corrected chi connectivity index (χ1v) is 4.40. The van der Waals surface area contributed by atoms with Gasteiger partial charge >= 0.3 is 5.97 Å². The highest BCUT2D eigenvalue weighted by molar-refractivity contribution is 5.67. The Balaban J connectivity index is 3.63. The first-order valence-electron chi connectivity index (χ1n) is 4.40. The van der Waals surface area contributed by atoms with Gasteiger partial charge in [-0.1, -0.05) is 20.8 Å². The van der Waals surface area contributed by atoms with E-state index in [-0.39, 0.29) is 11.8 Å². The van der Waals surface area contributed by atoms with Crippen LogP contribution in [0.15, 0.2) is 0 Å². The van der Waals surface area contributed by atoms with Crippen molar-refractivity contribution in [3.05, 3.63) is 0 Å². The lowest BCUT2D eigenvalue weighted by molar-refractivity contribution is -0.139. The fraction of sp³-hybridized carbons (Fsp3) is 0.889. The van der Waals surface area contributed by atoms with Crippen molar-refractivity contribution < 1.29 is 9.90 Å². The molecule has 72 valence electrons. The summed E-state index contributed by atoms with van der Waals surface area (Å²) in [5.41, 5.74) is -0.138. The van der Waals surface area contributed by atoms with Gasteiger partial charge in [-0.25, -0.2) is 0 Å². The number of aliphatic carboxylic acids is 1. The van der Waals surface area contributed by atoms with Gasteiger partial charge in [0.05, 0.1) is 6.42 Å². The van der Waals surface area contributed by atoms with Crippen LogP contribution in [0.4, 0.5) is 0 Å². The van der Waals surface area contributed by atoms with E-state index in [1.54, 1.807) is 0 Å². The van der Waals surface area contributed by atoms with Crippen LogP contribution in [0.25, 0.3) is 0 Å². The number of rotatable bonds is 6. The van der Waals surface area contributed by atoms with E-state index >= 15 is 0 Å². The van der Waals surface area contributed by atoms with Crippen LogP contribution in [-0.4, -0.2) is 24.2 Å². The first kappa shape index (κ1) is 11.4. The molecular formula is C9H19NO2. The van der Waals surface area contributed by atoms with Crippen molar-refractivity contribution in [1.29, 1.82) is 0 Å². The molecule has 0 radical (unpaired) electrons. The van der Waals surface area contributed by atoms with Gasteiger partial charge < -0.3 is 10.4 Å². The second kappa shape index (κ2) is 5.14. The van der Waals surface area contributed by atoms with Crippen molar-refractivity contribution in [2.75, 3.05) is 13.1 Å². The van der Waals surface area contributed by atoms with E-state index in [4.69, 9.17) is 5.11 Å². The Labute approximate surface area is 74.2 Å². The zero-order chi connectivity index (χ0) is 9.61. The molecule has 12 heavy (non-hydrogen) atoms. The summed E-state index contributed by atoms with van der Waals surface area (Å²) in [7, 11) is 0. The Bertz CT molecular complexity index is 143. The maximum Gasteiger partial charge on any atom is 0.303 e. The highest BCUT2D eigenvalue weighted by Gasteiger charge is 2.20. The van der Waals surface area contributed by atoms with Crippen LogP contribution in [0.2, 0.25) is 0 Å². The van der Waals surface area contributed by atoms with Gasteiger partial charge in [0.25, 0.3) is 0 Å². The molecule has 0 spiro atoms.